The fourth-order valence-electron chi connectivity index (χ4n) is 1.45. The molecule has 0 bridgehead atoms. The molecule has 4 N–H and O–H groups in total. The standard InChI is InChI=1S/C12H15F2N3O2/c13-9-4-3-8(10(14)7-9)6-12(18)16-5-1-2-11(15)17-19/h3-4,7,19H,1-2,5-6H2,(H2,15,17)(H,16,18). The Bertz CT molecular complexity index is 478. The molecule has 0 radical (unpaired) electrons. The summed E-state index contributed by atoms with van der Waals surface area (Å²) in [6.45, 7) is 0.331. The van der Waals surface area contributed by atoms with Crippen LogP contribution < -0.4 is 11.1 Å². The summed E-state index contributed by atoms with van der Waals surface area (Å²) in [5.41, 5.74) is 5.38. The van der Waals surface area contributed by atoms with Crippen LogP contribution in [0.15, 0.2) is 23.4 Å². The van der Waals surface area contributed by atoms with E-state index < -0.39 is 11.6 Å². The van der Waals surface area contributed by atoms with Crippen molar-refractivity contribution in [3.05, 3.63) is 35.4 Å². The maximum absolute atomic E-state index is 13.3. The summed E-state index contributed by atoms with van der Waals surface area (Å²) in [6, 6.07) is 3.08. The topological polar surface area (TPSA) is 87.7 Å². The van der Waals surface area contributed by atoms with Crippen LogP contribution >= 0.6 is 0 Å². The molecule has 1 aromatic rings. The summed E-state index contributed by atoms with van der Waals surface area (Å²) in [5, 5.41) is 13.6. The number of benzene rings is 1. The largest absolute Gasteiger partial charge is 0.409 e. The molecule has 0 saturated heterocycles. The maximum atomic E-state index is 13.3. The van der Waals surface area contributed by atoms with Crippen LogP contribution in [0.1, 0.15) is 18.4 Å². The van der Waals surface area contributed by atoms with E-state index in [0.29, 0.717) is 19.4 Å². The van der Waals surface area contributed by atoms with Crippen LogP contribution in [0.5, 0.6) is 0 Å². The first-order chi connectivity index (χ1) is 9.02. The summed E-state index contributed by atoms with van der Waals surface area (Å²) < 4.78 is 25.9. The Morgan fingerprint density at radius 1 is 1.42 bits per heavy atom. The van der Waals surface area contributed by atoms with Crippen molar-refractivity contribution >= 4 is 11.7 Å². The Morgan fingerprint density at radius 2 is 2.16 bits per heavy atom. The smallest absolute Gasteiger partial charge is 0.224 e. The van der Waals surface area contributed by atoms with Crippen molar-refractivity contribution < 1.29 is 18.8 Å². The fourth-order valence-corrected chi connectivity index (χ4v) is 1.45. The van der Waals surface area contributed by atoms with Gasteiger partial charge in [0.1, 0.15) is 17.5 Å². The van der Waals surface area contributed by atoms with Gasteiger partial charge in [-0.05, 0) is 18.1 Å². The van der Waals surface area contributed by atoms with Crippen molar-refractivity contribution in [2.45, 2.75) is 19.3 Å². The molecule has 0 saturated carbocycles. The number of amides is 1. The predicted octanol–water partition coefficient (Wildman–Crippen LogP) is 1.15. The van der Waals surface area contributed by atoms with Crippen LogP contribution in [0.25, 0.3) is 0 Å². The zero-order chi connectivity index (χ0) is 14.3. The quantitative estimate of drug-likeness (QED) is 0.238. The van der Waals surface area contributed by atoms with Crippen molar-refractivity contribution in [1.29, 1.82) is 0 Å². The summed E-state index contributed by atoms with van der Waals surface area (Å²) in [4.78, 5) is 11.5. The van der Waals surface area contributed by atoms with Crippen molar-refractivity contribution in [3.8, 4) is 0 Å². The molecule has 1 aromatic carbocycles. The van der Waals surface area contributed by atoms with E-state index in [0.717, 1.165) is 12.1 Å². The van der Waals surface area contributed by atoms with Crippen molar-refractivity contribution in [1.82, 2.24) is 5.32 Å². The average molecular weight is 271 g/mol. The number of amidine groups is 1. The lowest BCUT2D eigenvalue weighted by Gasteiger charge is -2.06. The maximum Gasteiger partial charge on any atom is 0.224 e. The van der Waals surface area contributed by atoms with Crippen LogP contribution in [0.2, 0.25) is 0 Å². The zero-order valence-corrected chi connectivity index (χ0v) is 10.2. The second-order valence-corrected chi connectivity index (χ2v) is 3.96. The van der Waals surface area contributed by atoms with E-state index in [-0.39, 0.29) is 23.7 Å². The van der Waals surface area contributed by atoms with Crippen molar-refractivity contribution in [3.63, 3.8) is 0 Å². The minimum Gasteiger partial charge on any atom is -0.409 e. The SMILES string of the molecule is NC(CCCNC(=O)Cc1ccc(F)cc1F)=NO. The third-order valence-corrected chi connectivity index (χ3v) is 2.43. The Morgan fingerprint density at radius 3 is 2.79 bits per heavy atom. The van der Waals surface area contributed by atoms with E-state index in [2.05, 4.69) is 10.5 Å². The molecule has 5 nitrogen and oxygen atoms in total. The van der Waals surface area contributed by atoms with Gasteiger partial charge in [-0.2, -0.15) is 0 Å². The highest BCUT2D eigenvalue weighted by Crippen LogP contribution is 2.09. The lowest BCUT2D eigenvalue weighted by molar-refractivity contribution is -0.120. The van der Waals surface area contributed by atoms with E-state index in [1.807, 2.05) is 0 Å². The Balaban J connectivity index is 2.35. The minimum absolute atomic E-state index is 0.0822. The third kappa shape index (κ3) is 5.33. The van der Waals surface area contributed by atoms with E-state index in [1.165, 1.54) is 6.07 Å². The van der Waals surface area contributed by atoms with Gasteiger partial charge in [-0.1, -0.05) is 11.2 Å². The molecular formula is C12H15F2N3O2. The number of carbonyl (C=O) groups excluding carboxylic acids is 1. The molecule has 0 fully saturated rings. The van der Waals surface area contributed by atoms with Crippen LogP contribution in [0.4, 0.5) is 8.78 Å². The van der Waals surface area contributed by atoms with Gasteiger partial charge in [0.05, 0.1) is 6.42 Å². The molecule has 0 heterocycles. The number of hydrogen-bond acceptors (Lipinski definition) is 3. The van der Waals surface area contributed by atoms with Crippen molar-refractivity contribution in [2.75, 3.05) is 6.54 Å². The summed E-state index contributed by atoms with van der Waals surface area (Å²) in [7, 11) is 0. The average Bonchev–Trinajstić information content (AvgIpc) is 2.37. The molecule has 104 valence electrons. The number of halogens is 2. The Kier molecular flexibility index (Phi) is 5.72. The number of nitrogens with one attached hydrogen (secondary N) is 1. The van der Waals surface area contributed by atoms with E-state index in [9.17, 15) is 13.6 Å². The first-order valence-corrected chi connectivity index (χ1v) is 5.70. The highest BCUT2D eigenvalue weighted by atomic mass is 19.1. The molecule has 0 atom stereocenters. The highest BCUT2D eigenvalue weighted by Gasteiger charge is 2.08. The van der Waals surface area contributed by atoms with Gasteiger partial charge >= 0.3 is 0 Å². The first kappa shape index (κ1) is 14.9. The van der Waals surface area contributed by atoms with Gasteiger partial charge in [0.25, 0.3) is 0 Å². The molecule has 0 unspecified atom stereocenters. The monoisotopic (exact) mass is 271 g/mol. The van der Waals surface area contributed by atoms with Crippen LogP contribution in [0, 0.1) is 11.6 Å². The number of hydrogen-bond donors (Lipinski definition) is 3. The molecule has 0 aliphatic heterocycles. The molecule has 7 heteroatoms. The third-order valence-electron chi connectivity index (χ3n) is 2.43. The van der Waals surface area contributed by atoms with Crippen LogP contribution in [-0.4, -0.2) is 23.5 Å². The molecule has 0 aromatic heterocycles. The van der Waals surface area contributed by atoms with Gasteiger partial charge in [-0.25, -0.2) is 8.78 Å². The van der Waals surface area contributed by atoms with Gasteiger partial charge in [0.2, 0.25) is 5.91 Å². The summed E-state index contributed by atoms with van der Waals surface area (Å²) in [5.74, 6) is -1.71. The van der Waals surface area contributed by atoms with Gasteiger partial charge in [0, 0.05) is 19.0 Å². The first-order valence-electron chi connectivity index (χ1n) is 5.70. The molecule has 1 rings (SSSR count). The Labute approximate surface area is 109 Å². The lowest BCUT2D eigenvalue weighted by Crippen LogP contribution is -2.27. The summed E-state index contributed by atoms with van der Waals surface area (Å²) >= 11 is 0. The number of carbonyl (C=O) groups is 1. The van der Waals surface area contributed by atoms with Gasteiger partial charge < -0.3 is 16.3 Å². The second kappa shape index (κ2) is 7.30. The lowest BCUT2D eigenvalue weighted by atomic mass is 10.1. The highest BCUT2D eigenvalue weighted by molar-refractivity contribution is 5.80. The fraction of sp³-hybridized carbons (Fsp3) is 0.333. The number of oxime groups is 1. The molecule has 1 amide bonds. The zero-order valence-electron chi connectivity index (χ0n) is 10.2. The van der Waals surface area contributed by atoms with Crippen LogP contribution in [-0.2, 0) is 11.2 Å². The van der Waals surface area contributed by atoms with E-state index >= 15 is 0 Å². The molecular weight excluding hydrogens is 256 g/mol. The Hall–Kier alpha value is -2.18. The van der Waals surface area contributed by atoms with Gasteiger partial charge in [0.15, 0.2) is 0 Å². The minimum atomic E-state index is -0.744. The summed E-state index contributed by atoms with van der Waals surface area (Å²) in [6.07, 6.45) is 0.699. The van der Waals surface area contributed by atoms with E-state index in [1.54, 1.807) is 0 Å². The van der Waals surface area contributed by atoms with Crippen LogP contribution in [0.3, 0.4) is 0 Å². The van der Waals surface area contributed by atoms with E-state index in [4.69, 9.17) is 10.9 Å². The normalized spacial score (nSPS) is 11.4. The number of nitrogens with zero attached hydrogens (tertiary/aromatic N) is 1. The van der Waals surface area contributed by atoms with Gasteiger partial charge in [-0.3, -0.25) is 4.79 Å². The van der Waals surface area contributed by atoms with Crippen molar-refractivity contribution in [2.24, 2.45) is 10.9 Å². The molecule has 0 spiro atoms. The second-order valence-electron chi connectivity index (χ2n) is 3.96. The predicted molar refractivity (Wildman–Crippen MR) is 65.7 cm³/mol. The molecule has 0 aliphatic carbocycles. The number of nitrogens with two attached hydrogens (primary N) is 1. The van der Waals surface area contributed by atoms with Gasteiger partial charge in [-0.15, -0.1) is 0 Å². The molecule has 19 heavy (non-hydrogen) atoms. The number of rotatable bonds is 6. The molecule has 0 aliphatic rings.